The first-order valence-corrected chi connectivity index (χ1v) is 8.85. The molecule has 0 aliphatic carbocycles. The SMILES string of the molecule is Cc1ccc(S(=O)(=O)N2CC(Oc3ncccc3C#N)C2)s1. The highest BCUT2D eigenvalue weighted by Gasteiger charge is 2.39. The van der Waals surface area contributed by atoms with Crippen molar-refractivity contribution in [2.24, 2.45) is 0 Å². The molecule has 0 N–H and O–H groups in total. The predicted octanol–water partition coefficient (Wildman–Crippen LogP) is 1.78. The number of nitriles is 1. The van der Waals surface area contributed by atoms with Crippen molar-refractivity contribution in [2.75, 3.05) is 13.1 Å². The first kappa shape index (κ1) is 15.0. The van der Waals surface area contributed by atoms with Gasteiger partial charge in [0.15, 0.2) is 0 Å². The molecule has 1 fully saturated rings. The van der Waals surface area contributed by atoms with Crippen LogP contribution in [0, 0.1) is 18.3 Å². The van der Waals surface area contributed by atoms with Gasteiger partial charge in [0.1, 0.15) is 21.9 Å². The number of thiophene rings is 1. The van der Waals surface area contributed by atoms with Crippen molar-refractivity contribution >= 4 is 21.4 Å². The van der Waals surface area contributed by atoms with E-state index in [1.165, 1.54) is 21.8 Å². The van der Waals surface area contributed by atoms with Crippen molar-refractivity contribution in [3.8, 4) is 11.9 Å². The van der Waals surface area contributed by atoms with Crippen LogP contribution < -0.4 is 4.74 Å². The Hall–Kier alpha value is -1.95. The second-order valence-corrected chi connectivity index (χ2v) is 8.35. The van der Waals surface area contributed by atoms with Crippen LogP contribution in [-0.4, -0.2) is 36.9 Å². The fourth-order valence-corrected chi connectivity index (χ4v) is 5.02. The highest BCUT2D eigenvalue weighted by Crippen LogP contribution is 2.29. The molecule has 0 spiro atoms. The normalized spacial score (nSPS) is 16.0. The Morgan fingerprint density at radius 3 is 2.82 bits per heavy atom. The molecule has 114 valence electrons. The van der Waals surface area contributed by atoms with E-state index < -0.39 is 10.0 Å². The van der Waals surface area contributed by atoms with Crippen LogP contribution >= 0.6 is 11.3 Å². The molecule has 0 aromatic carbocycles. The summed E-state index contributed by atoms with van der Waals surface area (Å²) in [6.07, 6.45) is 1.26. The zero-order valence-corrected chi connectivity index (χ0v) is 13.4. The van der Waals surface area contributed by atoms with E-state index in [9.17, 15) is 8.42 Å². The fraction of sp³-hybridized carbons (Fsp3) is 0.286. The number of rotatable bonds is 4. The molecule has 0 bridgehead atoms. The van der Waals surface area contributed by atoms with Crippen LogP contribution in [0.3, 0.4) is 0 Å². The molecule has 0 radical (unpaired) electrons. The van der Waals surface area contributed by atoms with E-state index in [2.05, 4.69) is 4.98 Å². The average Bonchev–Trinajstić information content (AvgIpc) is 2.90. The van der Waals surface area contributed by atoms with Crippen LogP contribution in [0.5, 0.6) is 5.88 Å². The Labute approximate surface area is 132 Å². The number of hydrogen-bond acceptors (Lipinski definition) is 6. The van der Waals surface area contributed by atoms with E-state index in [1.54, 1.807) is 24.3 Å². The maximum absolute atomic E-state index is 12.4. The average molecular weight is 335 g/mol. The molecule has 3 rings (SSSR count). The Balaban J connectivity index is 1.66. The molecule has 0 saturated carbocycles. The van der Waals surface area contributed by atoms with Crippen molar-refractivity contribution in [3.63, 3.8) is 0 Å². The molecular weight excluding hydrogens is 322 g/mol. The molecule has 1 aliphatic heterocycles. The molecule has 1 saturated heterocycles. The molecule has 8 heteroatoms. The molecule has 2 aromatic heterocycles. The first-order valence-electron chi connectivity index (χ1n) is 6.59. The van der Waals surface area contributed by atoms with Crippen molar-refractivity contribution in [3.05, 3.63) is 40.9 Å². The van der Waals surface area contributed by atoms with E-state index in [0.717, 1.165) is 4.88 Å². The van der Waals surface area contributed by atoms with E-state index in [-0.39, 0.29) is 25.1 Å². The van der Waals surface area contributed by atoms with Gasteiger partial charge in [-0.05, 0) is 31.2 Å². The summed E-state index contributed by atoms with van der Waals surface area (Å²) in [6.45, 7) is 2.40. The molecule has 0 atom stereocenters. The van der Waals surface area contributed by atoms with Gasteiger partial charge in [-0.15, -0.1) is 11.3 Å². The van der Waals surface area contributed by atoms with Crippen LogP contribution in [0.15, 0.2) is 34.7 Å². The minimum atomic E-state index is -3.44. The van der Waals surface area contributed by atoms with Gasteiger partial charge in [0, 0.05) is 11.1 Å². The van der Waals surface area contributed by atoms with E-state index in [0.29, 0.717) is 9.77 Å². The Morgan fingerprint density at radius 2 is 2.18 bits per heavy atom. The van der Waals surface area contributed by atoms with Gasteiger partial charge in [-0.3, -0.25) is 0 Å². The molecule has 0 unspecified atom stereocenters. The number of sulfonamides is 1. The van der Waals surface area contributed by atoms with Crippen molar-refractivity contribution in [1.29, 1.82) is 5.26 Å². The summed E-state index contributed by atoms with van der Waals surface area (Å²) in [4.78, 5) is 4.97. The van der Waals surface area contributed by atoms with Gasteiger partial charge in [0.2, 0.25) is 5.88 Å². The van der Waals surface area contributed by atoms with Crippen LogP contribution in [0.4, 0.5) is 0 Å². The summed E-state index contributed by atoms with van der Waals surface area (Å²) in [5, 5.41) is 8.98. The summed E-state index contributed by atoms with van der Waals surface area (Å²) in [5.41, 5.74) is 0.345. The minimum Gasteiger partial charge on any atom is -0.471 e. The zero-order valence-electron chi connectivity index (χ0n) is 11.8. The molecule has 22 heavy (non-hydrogen) atoms. The first-order chi connectivity index (χ1) is 10.5. The molecular formula is C14H13N3O3S2. The van der Waals surface area contributed by atoms with Gasteiger partial charge in [-0.1, -0.05) is 0 Å². The lowest BCUT2D eigenvalue weighted by atomic mass is 10.2. The highest BCUT2D eigenvalue weighted by atomic mass is 32.2. The molecule has 1 aliphatic rings. The van der Waals surface area contributed by atoms with E-state index in [1.807, 2.05) is 13.0 Å². The number of hydrogen-bond donors (Lipinski definition) is 0. The van der Waals surface area contributed by atoms with Crippen LogP contribution in [0.1, 0.15) is 10.4 Å². The molecule has 3 heterocycles. The highest BCUT2D eigenvalue weighted by molar-refractivity contribution is 7.91. The van der Waals surface area contributed by atoms with Gasteiger partial charge in [-0.25, -0.2) is 13.4 Å². The van der Waals surface area contributed by atoms with Gasteiger partial charge >= 0.3 is 0 Å². The lowest BCUT2D eigenvalue weighted by Crippen LogP contribution is -2.55. The zero-order chi connectivity index (χ0) is 15.7. The Morgan fingerprint density at radius 1 is 1.41 bits per heavy atom. The Bertz CT molecular complexity index is 833. The molecule has 6 nitrogen and oxygen atoms in total. The second kappa shape index (κ2) is 5.68. The quantitative estimate of drug-likeness (QED) is 0.850. The summed E-state index contributed by atoms with van der Waals surface area (Å²) >= 11 is 1.26. The third kappa shape index (κ3) is 2.70. The number of pyridine rings is 1. The van der Waals surface area contributed by atoms with Crippen molar-refractivity contribution in [2.45, 2.75) is 17.2 Å². The van der Waals surface area contributed by atoms with Crippen molar-refractivity contribution < 1.29 is 13.2 Å². The lowest BCUT2D eigenvalue weighted by Gasteiger charge is -2.37. The van der Waals surface area contributed by atoms with Crippen LogP contribution in [-0.2, 0) is 10.0 Å². The third-order valence-corrected chi connectivity index (χ3v) is 6.59. The largest absolute Gasteiger partial charge is 0.471 e. The van der Waals surface area contributed by atoms with Crippen LogP contribution in [0.25, 0.3) is 0 Å². The second-order valence-electron chi connectivity index (χ2n) is 4.89. The number of aryl methyl sites for hydroxylation is 1. The van der Waals surface area contributed by atoms with Crippen LogP contribution in [0.2, 0.25) is 0 Å². The minimum absolute atomic E-state index is 0.249. The number of nitrogens with zero attached hydrogens (tertiary/aromatic N) is 3. The van der Waals surface area contributed by atoms with Gasteiger partial charge in [0.05, 0.1) is 13.1 Å². The number of ether oxygens (including phenoxy) is 1. The van der Waals surface area contributed by atoms with Gasteiger partial charge in [0.25, 0.3) is 10.0 Å². The fourth-order valence-electron chi connectivity index (χ4n) is 2.08. The smallest absolute Gasteiger partial charge is 0.252 e. The molecule has 2 aromatic rings. The maximum atomic E-state index is 12.4. The number of aromatic nitrogens is 1. The van der Waals surface area contributed by atoms with E-state index >= 15 is 0 Å². The third-order valence-electron chi connectivity index (χ3n) is 3.29. The van der Waals surface area contributed by atoms with Gasteiger partial charge < -0.3 is 4.74 Å². The van der Waals surface area contributed by atoms with Crippen molar-refractivity contribution in [1.82, 2.24) is 9.29 Å². The monoisotopic (exact) mass is 335 g/mol. The molecule has 0 amide bonds. The Kier molecular flexibility index (Phi) is 3.87. The summed E-state index contributed by atoms with van der Waals surface area (Å²) in [7, 11) is -3.44. The summed E-state index contributed by atoms with van der Waals surface area (Å²) < 4.78 is 32.0. The maximum Gasteiger partial charge on any atom is 0.252 e. The standard InChI is InChI=1S/C14H13N3O3S2/c1-10-4-5-13(21-10)22(18,19)17-8-12(9-17)20-14-11(7-15)3-2-6-16-14/h2-6,12H,8-9H2,1H3. The predicted molar refractivity (Wildman–Crippen MR) is 81.2 cm³/mol. The summed E-state index contributed by atoms with van der Waals surface area (Å²) in [5.74, 6) is 0.249. The van der Waals surface area contributed by atoms with Gasteiger partial charge in [-0.2, -0.15) is 9.57 Å². The van der Waals surface area contributed by atoms with E-state index in [4.69, 9.17) is 10.00 Å². The topological polar surface area (TPSA) is 83.3 Å². The summed E-state index contributed by atoms with van der Waals surface area (Å²) in [6, 6.07) is 8.68. The lowest BCUT2D eigenvalue weighted by molar-refractivity contribution is 0.0719.